The molecule has 1 aromatic carbocycles. The first-order valence-electron chi connectivity index (χ1n) is 5.20. The van der Waals surface area contributed by atoms with Gasteiger partial charge in [-0.2, -0.15) is 5.10 Å². The van der Waals surface area contributed by atoms with Crippen LogP contribution in [0.4, 0.5) is 0 Å². The zero-order valence-corrected chi connectivity index (χ0v) is 12.6. The van der Waals surface area contributed by atoms with Crippen LogP contribution in [0.2, 0.25) is 0 Å². The van der Waals surface area contributed by atoms with Gasteiger partial charge < -0.3 is 9.05 Å². The zero-order valence-electron chi connectivity index (χ0n) is 10.1. The lowest BCUT2D eigenvalue weighted by Crippen LogP contribution is -2.42. The summed E-state index contributed by atoms with van der Waals surface area (Å²) < 4.78 is 10.4. The van der Waals surface area contributed by atoms with E-state index < -0.39 is 5.69 Å². The lowest BCUT2D eigenvalue weighted by atomic mass is 10.3. The molecule has 98 valence electrons. The van der Waals surface area contributed by atoms with Gasteiger partial charge in [-0.05, 0) is 29.3 Å². The molecule has 0 saturated carbocycles. The van der Waals surface area contributed by atoms with E-state index in [-0.39, 0.29) is 0 Å². The first kappa shape index (κ1) is 13.8. The topological polar surface area (TPSA) is 46.1 Å². The molecular formula is C10H14N3O2PS2. The molecule has 0 bridgehead atoms. The minimum Gasteiger partial charge on any atom is -0.325 e. The van der Waals surface area contributed by atoms with Crippen molar-refractivity contribution in [3.8, 4) is 0 Å². The van der Waals surface area contributed by atoms with Gasteiger partial charge in [0.05, 0.1) is 11.2 Å². The largest absolute Gasteiger partial charge is 0.325 e. The summed E-state index contributed by atoms with van der Waals surface area (Å²) in [7, 11) is 3.15. The maximum absolute atomic E-state index is 5.28. The molecule has 1 N–H and O–H groups in total. The fourth-order valence-corrected chi connectivity index (χ4v) is 4.00. The number of hydrogen-bond donors (Lipinski definition) is 1. The minimum atomic E-state index is -2.23. The molecule has 0 aromatic heterocycles. The standard InChI is InChI=1S/C10H14N3O2PS2/c1-14-16(17,15-2)18-8-13-7-9-5-3-4-6-10(9)11-12-13/h3-7,12H,8H2,1-2H3. The Kier molecular flexibility index (Phi) is 4.64. The number of fused-ring (bicyclic) bond motifs is 1. The maximum Gasteiger partial charge on any atom is 0.248 e. The molecular weight excluding hydrogens is 289 g/mol. The quantitative estimate of drug-likeness (QED) is 0.819. The van der Waals surface area contributed by atoms with Gasteiger partial charge in [-0.15, -0.1) is 0 Å². The summed E-state index contributed by atoms with van der Waals surface area (Å²) in [5.41, 5.74) is 0.713. The SMILES string of the molecule is COP(=S)(OC)SCN1C=c2ccccc2=NN1. The monoisotopic (exact) mass is 303 g/mol. The number of benzene rings is 1. The molecule has 0 amide bonds. The van der Waals surface area contributed by atoms with Gasteiger partial charge in [0.25, 0.3) is 0 Å². The van der Waals surface area contributed by atoms with E-state index in [1.54, 1.807) is 14.2 Å². The van der Waals surface area contributed by atoms with E-state index in [1.165, 1.54) is 11.4 Å². The molecule has 18 heavy (non-hydrogen) atoms. The highest BCUT2D eigenvalue weighted by Gasteiger charge is 2.17. The van der Waals surface area contributed by atoms with Crippen molar-refractivity contribution >= 4 is 35.1 Å². The predicted octanol–water partition coefficient (Wildman–Crippen LogP) is 0.987. The Morgan fingerprint density at radius 3 is 2.83 bits per heavy atom. The molecule has 0 atom stereocenters. The van der Waals surface area contributed by atoms with Crippen LogP contribution in [-0.4, -0.2) is 25.1 Å². The van der Waals surface area contributed by atoms with Crippen LogP contribution in [0.15, 0.2) is 29.4 Å². The van der Waals surface area contributed by atoms with E-state index in [4.69, 9.17) is 20.9 Å². The van der Waals surface area contributed by atoms with E-state index in [0.29, 0.717) is 5.88 Å². The summed E-state index contributed by atoms with van der Waals surface area (Å²) in [6.07, 6.45) is 1.99. The van der Waals surface area contributed by atoms with Crippen molar-refractivity contribution in [3.63, 3.8) is 0 Å². The Balaban J connectivity index is 2.06. The fraction of sp³-hybridized carbons (Fsp3) is 0.300. The molecule has 0 saturated heterocycles. The van der Waals surface area contributed by atoms with Crippen molar-refractivity contribution in [3.05, 3.63) is 34.8 Å². The normalized spacial score (nSPS) is 14.2. The van der Waals surface area contributed by atoms with Gasteiger partial charge in [0.1, 0.15) is 0 Å². The second-order valence-electron chi connectivity index (χ2n) is 3.44. The Morgan fingerprint density at radius 2 is 2.11 bits per heavy atom. The van der Waals surface area contributed by atoms with Crippen LogP contribution in [0, 0.1) is 0 Å². The minimum absolute atomic E-state index is 0.608. The van der Waals surface area contributed by atoms with Gasteiger partial charge in [0.2, 0.25) is 5.69 Å². The molecule has 5 nitrogen and oxygen atoms in total. The third-order valence-corrected chi connectivity index (χ3v) is 7.97. The van der Waals surface area contributed by atoms with Crippen LogP contribution >= 0.6 is 17.1 Å². The number of para-hydroxylation sites is 1. The Bertz CT molecular complexity index is 573. The highest BCUT2D eigenvalue weighted by atomic mass is 32.9. The third kappa shape index (κ3) is 3.24. The molecule has 0 spiro atoms. The van der Waals surface area contributed by atoms with Crippen molar-refractivity contribution in [2.24, 2.45) is 5.10 Å². The van der Waals surface area contributed by atoms with Crippen LogP contribution < -0.4 is 16.1 Å². The highest BCUT2D eigenvalue weighted by molar-refractivity contribution is 8.67. The Morgan fingerprint density at radius 1 is 1.39 bits per heavy atom. The molecule has 8 heteroatoms. The predicted molar refractivity (Wildman–Crippen MR) is 77.4 cm³/mol. The van der Waals surface area contributed by atoms with E-state index in [9.17, 15) is 0 Å². The van der Waals surface area contributed by atoms with E-state index in [0.717, 1.165) is 10.6 Å². The van der Waals surface area contributed by atoms with Crippen LogP contribution in [0.1, 0.15) is 0 Å². The summed E-state index contributed by atoms with van der Waals surface area (Å²) in [6, 6.07) is 7.91. The number of nitrogens with zero attached hydrogens (tertiary/aromatic N) is 2. The molecule has 1 aliphatic rings. The first-order valence-corrected chi connectivity index (χ1v) is 9.43. The summed E-state index contributed by atoms with van der Waals surface area (Å²) in [5, 5.41) is 8.10. The maximum atomic E-state index is 5.28. The second kappa shape index (κ2) is 6.04. The average molecular weight is 303 g/mol. The van der Waals surface area contributed by atoms with E-state index in [2.05, 4.69) is 10.6 Å². The molecule has 1 aromatic rings. The number of nitrogens with one attached hydrogen (secondary N) is 1. The van der Waals surface area contributed by atoms with Crippen molar-refractivity contribution in [2.45, 2.75) is 0 Å². The first-order chi connectivity index (χ1) is 8.67. The van der Waals surface area contributed by atoms with Crippen LogP contribution in [0.25, 0.3) is 6.20 Å². The van der Waals surface area contributed by atoms with Gasteiger partial charge in [-0.1, -0.05) is 18.2 Å². The molecule has 0 aliphatic carbocycles. The van der Waals surface area contributed by atoms with Crippen LogP contribution in [0.3, 0.4) is 0 Å². The van der Waals surface area contributed by atoms with Crippen LogP contribution in [0.5, 0.6) is 0 Å². The van der Waals surface area contributed by atoms with Gasteiger partial charge in [0, 0.05) is 25.6 Å². The zero-order chi connectivity index (χ0) is 13.0. The molecule has 2 rings (SSSR count). The second-order valence-corrected chi connectivity index (χ2v) is 9.93. The van der Waals surface area contributed by atoms with Gasteiger partial charge in [0.15, 0.2) is 0 Å². The Labute approximate surface area is 115 Å². The molecule has 1 heterocycles. The van der Waals surface area contributed by atoms with Gasteiger partial charge in [-0.3, -0.25) is 5.01 Å². The summed E-state index contributed by atoms with van der Waals surface area (Å²) in [4.78, 5) is 0. The smallest absolute Gasteiger partial charge is 0.248 e. The third-order valence-electron chi connectivity index (χ3n) is 2.33. The number of hydrogen-bond acceptors (Lipinski definition) is 7. The van der Waals surface area contributed by atoms with E-state index >= 15 is 0 Å². The number of hydrazine groups is 1. The summed E-state index contributed by atoms with van der Waals surface area (Å²) >= 11 is 6.74. The lowest BCUT2D eigenvalue weighted by Gasteiger charge is -2.24. The average Bonchev–Trinajstić information content (AvgIpc) is 2.44. The van der Waals surface area contributed by atoms with Gasteiger partial charge >= 0.3 is 0 Å². The molecule has 0 fully saturated rings. The Hall–Kier alpha value is -0.590. The van der Waals surface area contributed by atoms with Crippen molar-refractivity contribution in [2.75, 3.05) is 20.1 Å². The lowest BCUT2D eigenvalue weighted by molar-refractivity contribution is 0.339. The van der Waals surface area contributed by atoms with Crippen molar-refractivity contribution in [1.29, 1.82) is 0 Å². The summed E-state index contributed by atoms with van der Waals surface area (Å²) in [5.74, 6) is 0.608. The molecule has 0 unspecified atom stereocenters. The van der Waals surface area contributed by atoms with Crippen LogP contribution in [-0.2, 0) is 20.9 Å². The number of rotatable bonds is 5. The molecule has 1 aliphatic heterocycles. The summed E-state index contributed by atoms with van der Waals surface area (Å²) in [6.45, 7) is 0. The van der Waals surface area contributed by atoms with E-state index in [1.807, 2.05) is 35.5 Å². The molecule has 0 radical (unpaired) electrons. The van der Waals surface area contributed by atoms with Crippen molar-refractivity contribution in [1.82, 2.24) is 10.5 Å². The highest BCUT2D eigenvalue weighted by Crippen LogP contribution is 2.59. The fourth-order valence-electron chi connectivity index (χ4n) is 1.39. The van der Waals surface area contributed by atoms with Crippen molar-refractivity contribution < 1.29 is 9.05 Å². The van der Waals surface area contributed by atoms with Gasteiger partial charge in [-0.25, -0.2) is 5.53 Å².